The Hall–Kier alpha value is -1.26. The van der Waals surface area contributed by atoms with Gasteiger partial charge in [-0.2, -0.15) is 0 Å². The molecule has 0 aliphatic rings. The quantitative estimate of drug-likeness (QED) is 0.737. The molecule has 0 fully saturated rings. The van der Waals surface area contributed by atoms with Gasteiger partial charge in [0.15, 0.2) is 0 Å². The van der Waals surface area contributed by atoms with E-state index in [1.807, 2.05) is 41.6 Å². The van der Waals surface area contributed by atoms with Crippen molar-refractivity contribution in [3.05, 3.63) is 48.5 Å². The van der Waals surface area contributed by atoms with Crippen LogP contribution in [0.2, 0.25) is 0 Å². The molecule has 120 valence electrons. The zero-order chi connectivity index (χ0) is 16.0. The fourth-order valence-corrected chi connectivity index (χ4v) is 3.39. The molecule has 0 amide bonds. The SMILES string of the molecule is CC(C)CCSc1ccc(C(C)(O)CCn2ccnc2)cc1. The third-order valence-corrected chi connectivity index (χ3v) is 4.90. The Bertz CT molecular complexity index is 547. The van der Waals surface area contributed by atoms with Gasteiger partial charge in [-0.1, -0.05) is 26.0 Å². The van der Waals surface area contributed by atoms with Gasteiger partial charge in [-0.25, -0.2) is 4.98 Å². The van der Waals surface area contributed by atoms with Crippen LogP contribution in [0.15, 0.2) is 47.9 Å². The Morgan fingerprint density at radius 2 is 2.00 bits per heavy atom. The fraction of sp³-hybridized carbons (Fsp3) is 0.500. The van der Waals surface area contributed by atoms with Crippen LogP contribution in [-0.4, -0.2) is 20.4 Å². The lowest BCUT2D eigenvalue weighted by Gasteiger charge is -2.24. The van der Waals surface area contributed by atoms with Gasteiger partial charge in [0.25, 0.3) is 0 Å². The minimum atomic E-state index is -0.814. The predicted molar refractivity (Wildman–Crippen MR) is 93.0 cm³/mol. The highest BCUT2D eigenvalue weighted by Crippen LogP contribution is 2.28. The molecule has 2 rings (SSSR count). The molecule has 1 aromatic carbocycles. The van der Waals surface area contributed by atoms with E-state index in [4.69, 9.17) is 0 Å². The lowest BCUT2D eigenvalue weighted by Crippen LogP contribution is -2.23. The van der Waals surface area contributed by atoms with E-state index in [-0.39, 0.29) is 0 Å². The largest absolute Gasteiger partial charge is 0.385 e. The molecule has 1 heterocycles. The van der Waals surface area contributed by atoms with Crippen LogP contribution in [-0.2, 0) is 12.1 Å². The first-order chi connectivity index (χ1) is 10.5. The van der Waals surface area contributed by atoms with Gasteiger partial charge in [0.1, 0.15) is 0 Å². The van der Waals surface area contributed by atoms with Crippen LogP contribution in [0.3, 0.4) is 0 Å². The molecule has 22 heavy (non-hydrogen) atoms. The van der Waals surface area contributed by atoms with Crippen LogP contribution < -0.4 is 0 Å². The molecule has 0 saturated carbocycles. The average Bonchev–Trinajstić information content (AvgIpc) is 2.99. The van der Waals surface area contributed by atoms with Crippen LogP contribution in [0.25, 0.3) is 0 Å². The topological polar surface area (TPSA) is 38.0 Å². The first-order valence-corrected chi connectivity index (χ1v) is 8.87. The molecule has 3 nitrogen and oxygen atoms in total. The molecule has 1 aromatic heterocycles. The van der Waals surface area contributed by atoms with Crippen molar-refractivity contribution >= 4 is 11.8 Å². The van der Waals surface area contributed by atoms with Crippen molar-refractivity contribution in [1.29, 1.82) is 0 Å². The van der Waals surface area contributed by atoms with Crippen LogP contribution in [0.1, 0.15) is 39.2 Å². The standard InChI is InChI=1S/C18H26N2OS/c1-15(2)8-13-22-17-6-4-16(5-7-17)18(3,21)9-11-20-12-10-19-14-20/h4-7,10,12,14-15,21H,8-9,11,13H2,1-3H3. The van der Waals surface area contributed by atoms with Gasteiger partial charge in [0, 0.05) is 23.8 Å². The first-order valence-electron chi connectivity index (χ1n) is 7.89. The summed E-state index contributed by atoms with van der Waals surface area (Å²) in [7, 11) is 0. The third-order valence-electron chi connectivity index (χ3n) is 3.86. The number of nitrogens with zero attached hydrogens (tertiary/aromatic N) is 2. The minimum absolute atomic E-state index is 0.670. The molecule has 0 aliphatic heterocycles. The maximum Gasteiger partial charge on any atom is 0.0945 e. The molecule has 0 bridgehead atoms. The summed E-state index contributed by atoms with van der Waals surface area (Å²) < 4.78 is 1.99. The molecule has 0 spiro atoms. The number of aromatic nitrogens is 2. The van der Waals surface area contributed by atoms with Gasteiger partial charge < -0.3 is 9.67 Å². The predicted octanol–water partition coefficient (Wildman–Crippen LogP) is 4.32. The number of rotatable bonds is 8. The smallest absolute Gasteiger partial charge is 0.0945 e. The Morgan fingerprint density at radius 1 is 1.27 bits per heavy atom. The number of thioether (sulfide) groups is 1. The Kier molecular flexibility index (Phi) is 6.09. The molecule has 1 unspecified atom stereocenters. The number of imidazole rings is 1. The maximum atomic E-state index is 10.7. The highest BCUT2D eigenvalue weighted by atomic mass is 32.2. The normalized spacial score (nSPS) is 14.2. The molecule has 0 saturated heterocycles. The summed E-state index contributed by atoms with van der Waals surface area (Å²) in [5.74, 6) is 1.89. The lowest BCUT2D eigenvalue weighted by molar-refractivity contribution is 0.0430. The molecular formula is C18H26N2OS. The van der Waals surface area contributed by atoms with E-state index < -0.39 is 5.60 Å². The van der Waals surface area contributed by atoms with Crippen molar-refractivity contribution in [2.75, 3.05) is 5.75 Å². The van der Waals surface area contributed by atoms with Crippen LogP contribution in [0.5, 0.6) is 0 Å². The van der Waals surface area contributed by atoms with Gasteiger partial charge in [-0.05, 0) is 49.1 Å². The Balaban J connectivity index is 1.90. The molecule has 0 radical (unpaired) electrons. The number of aliphatic hydroxyl groups is 1. The van der Waals surface area contributed by atoms with E-state index in [1.165, 1.54) is 11.3 Å². The minimum Gasteiger partial charge on any atom is -0.385 e. The van der Waals surface area contributed by atoms with Crippen molar-refractivity contribution in [3.63, 3.8) is 0 Å². The highest BCUT2D eigenvalue weighted by Gasteiger charge is 2.22. The zero-order valence-electron chi connectivity index (χ0n) is 13.7. The van der Waals surface area contributed by atoms with Gasteiger partial charge in [0.2, 0.25) is 0 Å². The Labute approximate surface area is 137 Å². The monoisotopic (exact) mass is 318 g/mol. The summed E-state index contributed by atoms with van der Waals surface area (Å²) >= 11 is 1.89. The first kappa shape index (κ1) is 17.1. The van der Waals surface area contributed by atoms with E-state index in [0.29, 0.717) is 6.42 Å². The van der Waals surface area contributed by atoms with E-state index in [9.17, 15) is 5.11 Å². The summed E-state index contributed by atoms with van der Waals surface area (Å²) in [5, 5.41) is 10.7. The number of hydrogen-bond acceptors (Lipinski definition) is 3. The molecule has 1 atom stereocenters. The summed E-state index contributed by atoms with van der Waals surface area (Å²) in [6, 6.07) is 8.33. The average molecular weight is 318 g/mol. The summed E-state index contributed by atoms with van der Waals surface area (Å²) in [6.07, 6.45) is 7.37. The van der Waals surface area contributed by atoms with Crippen LogP contribution in [0, 0.1) is 5.92 Å². The molecule has 0 aliphatic carbocycles. The number of hydrogen-bond donors (Lipinski definition) is 1. The maximum absolute atomic E-state index is 10.7. The van der Waals surface area contributed by atoms with Crippen molar-refractivity contribution < 1.29 is 5.11 Å². The second-order valence-electron chi connectivity index (χ2n) is 6.38. The summed E-state index contributed by atoms with van der Waals surface area (Å²) in [4.78, 5) is 5.30. The number of aryl methyl sites for hydroxylation is 1. The van der Waals surface area contributed by atoms with Gasteiger partial charge >= 0.3 is 0 Å². The van der Waals surface area contributed by atoms with E-state index >= 15 is 0 Å². The summed E-state index contributed by atoms with van der Waals surface area (Å²) in [6.45, 7) is 7.14. The van der Waals surface area contributed by atoms with Gasteiger partial charge in [-0.15, -0.1) is 11.8 Å². The third kappa shape index (κ3) is 5.18. The fourth-order valence-electron chi connectivity index (χ4n) is 2.23. The molecule has 2 aromatic rings. The lowest BCUT2D eigenvalue weighted by atomic mass is 9.92. The van der Waals surface area contributed by atoms with Crippen LogP contribution >= 0.6 is 11.8 Å². The van der Waals surface area contributed by atoms with Gasteiger partial charge in [0.05, 0.1) is 11.9 Å². The second kappa shape index (κ2) is 7.84. The highest BCUT2D eigenvalue weighted by molar-refractivity contribution is 7.99. The van der Waals surface area contributed by atoms with Crippen molar-refractivity contribution in [1.82, 2.24) is 9.55 Å². The summed E-state index contributed by atoms with van der Waals surface area (Å²) in [5.41, 5.74) is 0.159. The van der Waals surface area contributed by atoms with E-state index in [1.54, 1.807) is 12.5 Å². The second-order valence-corrected chi connectivity index (χ2v) is 7.55. The van der Waals surface area contributed by atoms with Crippen molar-refractivity contribution in [2.24, 2.45) is 5.92 Å². The molecule has 4 heteroatoms. The van der Waals surface area contributed by atoms with Crippen molar-refractivity contribution in [2.45, 2.75) is 50.7 Å². The van der Waals surface area contributed by atoms with Crippen molar-refractivity contribution in [3.8, 4) is 0 Å². The van der Waals surface area contributed by atoms with E-state index in [2.05, 4.69) is 31.0 Å². The number of benzene rings is 1. The Morgan fingerprint density at radius 3 is 2.59 bits per heavy atom. The molecular weight excluding hydrogens is 292 g/mol. The molecule has 1 N–H and O–H groups in total. The van der Waals surface area contributed by atoms with E-state index in [0.717, 1.165) is 23.8 Å². The zero-order valence-corrected chi connectivity index (χ0v) is 14.5. The van der Waals surface area contributed by atoms with Crippen LogP contribution in [0.4, 0.5) is 0 Å². The van der Waals surface area contributed by atoms with Gasteiger partial charge in [-0.3, -0.25) is 0 Å².